The Kier molecular flexibility index (Phi) is 3.83. The highest BCUT2D eigenvalue weighted by Crippen LogP contribution is 2.31. The van der Waals surface area contributed by atoms with Crippen LogP contribution in [0.1, 0.15) is 30.5 Å². The minimum absolute atomic E-state index is 0.0766. The fraction of sp³-hybridized carbons (Fsp3) is 0.412. The smallest absolute Gasteiger partial charge is 0.254 e. The quantitative estimate of drug-likeness (QED) is 0.940. The van der Waals surface area contributed by atoms with Crippen LogP contribution in [-0.4, -0.2) is 28.4 Å². The number of rotatable bonds is 3. The zero-order chi connectivity index (χ0) is 15.8. The van der Waals surface area contributed by atoms with Gasteiger partial charge in [-0.05, 0) is 56.4 Å². The summed E-state index contributed by atoms with van der Waals surface area (Å²) >= 11 is 5.97. The van der Waals surface area contributed by atoms with Gasteiger partial charge in [0.25, 0.3) is 5.91 Å². The van der Waals surface area contributed by atoms with Gasteiger partial charge in [0.2, 0.25) is 0 Å². The third kappa shape index (κ3) is 2.75. The van der Waals surface area contributed by atoms with Crippen molar-refractivity contribution in [2.45, 2.75) is 38.2 Å². The summed E-state index contributed by atoms with van der Waals surface area (Å²) in [7, 11) is 0. The minimum atomic E-state index is -0.347. The van der Waals surface area contributed by atoms with E-state index in [0.29, 0.717) is 11.6 Å². The number of benzene rings is 1. The number of nitrogens with one attached hydrogen (secondary N) is 1. The predicted octanol–water partition coefficient (Wildman–Crippen LogP) is 3.13. The fourth-order valence-corrected chi connectivity index (χ4v) is 3.40. The van der Waals surface area contributed by atoms with Crippen molar-refractivity contribution < 1.29 is 9.53 Å². The van der Waals surface area contributed by atoms with Gasteiger partial charge in [-0.25, -0.2) is 4.68 Å². The number of anilines is 1. The Morgan fingerprint density at radius 1 is 1.26 bits per heavy atom. The summed E-state index contributed by atoms with van der Waals surface area (Å²) in [5, 5.41) is 8.42. The number of nitrogens with zero attached hydrogens (tertiary/aromatic N) is 2. The van der Waals surface area contributed by atoms with Crippen molar-refractivity contribution in [3.8, 4) is 5.69 Å². The van der Waals surface area contributed by atoms with Gasteiger partial charge in [0, 0.05) is 17.2 Å². The number of hydrogen-bond acceptors (Lipinski definition) is 3. The monoisotopic (exact) mass is 331 g/mol. The van der Waals surface area contributed by atoms with Gasteiger partial charge in [0.05, 0.1) is 11.4 Å². The van der Waals surface area contributed by atoms with E-state index in [-0.39, 0.29) is 12.0 Å². The van der Waals surface area contributed by atoms with E-state index in [9.17, 15) is 4.79 Å². The zero-order valence-electron chi connectivity index (χ0n) is 12.7. The molecule has 1 aliphatic carbocycles. The Balaban J connectivity index is 1.69. The molecule has 5 nitrogen and oxygen atoms in total. The Morgan fingerprint density at radius 3 is 2.83 bits per heavy atom. The Hall–Kier alpha value is -1.85. The predicted molar refractivity (Wildman–Crippen MR) is 88.2 cm³/mol. The van der Waals surface area contributed by atoms with E-state index in [1.54, 1.807) is 0 Å². The summed E-state index contributed by atoms with van der Waals surface area (Å²) in [5.74, 6) is 0.702. The van der Waals surface area contributed by atoms with E-state index < -0.39 is 0 Å². The number of halogens is 1. The fourth-order valence-electron chi connectivity index (χ4n) is 3.27. The van der Waals surface area contributed by atoms with Gasteiger partial charge in [0.1, 0.15) is 11.9 Å². The normalized spacial score (nSPS) is 19.8. The van der Waals surface area contributed by atoms with Gasteiger partial charge in [0.15, 0.2) is 0 Å². The highest BCUT2D eigenvalue weighted by Gasteiger charge is 2.28. The molecule has 2 heterocycles. The highest BCUT2D eigenvalue weighted by atomic mass is 35.5. The van der Waals surface area contributed by atoms with Crippen molar-refractivity contribution in [1.82, 2.24) is 9.78 Å². The van der Waals surface area contributed by atoms with E-state index >= 15 is 0 Å². The largest absolute Gasteiger partial charge is 0.368 e. The molecule has 1 fully saturated rings. The van der Waals surface area contributed by atoms with Crippen molar-refractivity contribution in [3.63, 3.8) is 0 Å². The average molecular weight is 332 g/mol. The maximum absolute atomic E-state index is 12.5. The molecule has 1 aromatic carbocycles. The van der Waals surface area contributed by atoms with Crippen LogP contribution in [0.25, 0.3) is 5.69 Å². The molecule has 4 rings (SSSR count). The molecule has 0 radical (unpaired) electrons. The van der Waals surface area contributed by atoms with Crippen LogP contribution in [-0.2, 0) is 22.4 Å². The third-order valence-electron chi connectivity index (χ3n) is 4.44. The maximum atomic E-state index is 12.5. The van der Waals surface area contributed by atoms with E-state index in [1.807, 2.05) is 28.9 Å². The van der Waals surface area contributed by atoms with Crippen molar-refractivity contribution in [2.24, 2.45) is 0 Å². The standard InChI is InChI=1S/C17H18ClN3O2/c18-11-6-8-12(9-7-11)21-16(13-3-1-4-14(13)20-21)19-17(22)15-5-2-10-23-15/h6-9,15H,1-5,10H2,(H,19,22)/t15-/m1/s1. The summed E-state index contributed by atoms with van der Waals surface area (Å²) in [4.78, 5) is 12.5. The molecule has 6 heteroatoms. The van der Waals surface area contributed by atoms with E-state index in [2.05, 4.69) is 10.4 Å². The number of aryl methyl sites for hydroxylation is 1. The lowest BCUT2D eigenvalue weighted by atomic mass is 10.2. The van der Waals surface area contributed by atoms with Crippen LogP contribution < -0.4 is 5.32 Å². The summed E-state index contributed by atoms with van der Waals surface area (Å²) in [6.07, 6.45) is 4.36. The molecule has 0 unspecified atom stereocenters. The van der Waals surface area contributed by atoms with Crippen LogP contribution in [0.5, 0.6) is 0 Å². The Bertz CT molecular complexity index is 733. The summed E-state index contributed by atoms with van der Waals surface area (Å²) in [5.41, 5.74) is 3.11. The molecule has 1 saturated heterocycles. The van der Waals surface area contributed by atoms with Crippen molar-refractivity contribution >= 4 is 23.3 Å². The second-order valence-electron chi connectivity index (χ2n) is 6.01. The number of amides is 1. The van der Waals surface area contributed by atoms with Crippen LogP contribution in [0.2, 0.25) is 5.02 Å². The second kappa shape index (κ2) is 5.98. The van der Waals surface area contributed by atoms with Gasteiger partial charge in [-0.1, -0.05) is 11.6 Å². The average Bonchev–Trinajstić information content (AvgIpc) is 3.26. The Morgan fingerprint density at radius 2 is 2.09 bits per heavy atom. The van der Waals surface area contributed by atoms with E-state index in [1.165, 1.54) is 0 Å². The molecule has 0 saturated carbocycles. The molecule has 2 aromatic rings. The first kappa shape index (κ1) is 14.7. The first-order valence-electron chi connectivity index (χ1n) is 8.01. The van der Waals surface area contributed by atoms with E-state index in [4.69, 9.17) is 16.3 Å². The molecule has 0 spiro atoms. The third-order valence-corrected chi connectivity index (χ3v) is 4.69. The molecule has 1 atom stereocenters. The summed E-state index contributed by atoms with van der Waals surface area (Å²) < 4.78 is 7.30. The second-order valence-corrected chi connectivity index (χ2v) is 6.44. The number of carbonyl (C=O) groups excluding carboxylic acids is 1. The number of hydrogen-bond donors (Lipinski definition) is 1. The van der Waals surface area contributed by atoms with Crippen molar-refractivity contribution in [2.75, 3.05) is 11.9 Å². The lowest BCUT2D eigenvalue weighted by molar-refractivity contribution is -0.124. The van der Waals surface area contributed by atoms with Gasteiger partial charge in [-0.15, -0.1) is 0 Å². The van der Waals surface area contributed by atoms with Gasteiger partial charge < -0.3 is 10.1 Å². The van der Waals surface area contributed by atoms with Gasteiger partial charge in [-0.3, -0.25) is 4.79 Å². The summed E-state index contributed by atoms with van der Waals surface area (Å²) in [6.45, 7) is 0.659. The molecule has 1 N–H and O–H groups in total. The number of ether oxygens (including phenoxy) is 1. The first-order chi connectivity index (χ1) is 11.2. The van der Waals surface area contributed by atoms with Crippen LogP contribution >= 0.6 is 11.6 Å². The number of carbonyl (C=O) groups is 1. The SMILES string of the molecule is O=C(Nc1c2c(nn1-c1ccc(Cl)cc1)CCC2)[C@H]1CCCO1. The molecular formula is C17H18ClN3O2. The van der Waals surface area contributed by atoms with Crippen molar-refractivity contribution in [1.29, 1.82) is 0 Å². The number of aromatic nitrogens is 2. The van der Waals surface area contributed by atoms with E-state index in [0.717, 1.165) is 54.9 Å². The number of fused-ring (bicyclic) bond motifs is 1. The molecule has 120 valence electrons. The van der Waals surface area contributed by atoms with Crippen molar-refractivity contribution in [3.05, 3.63) is 40.5 Å². The van der Waals surface area contributed by atoms with Crippen LogP contribution in [0.15, 0.2) is 24.3 Å². The van der Waals surface area contributed by atoms with Crippen LogP contribution in [0.3, 0.4) is 0 Å². The molecule has 1 amide bonds. The Labute approximate surface area is 139 Å². The molecule has 1 aromatic heterocycles. The lowest BCUT2D eigenvalue weighted by Gasteiger charge is -2.14. The topological polar surface area (TPSA) is 56.2 Å². The summed E-state index contributed by atoms with van der Waals surface area (Å²) in [6, 6.07) is 7.48. The van der Waals surface area contributed by atoms with Gasteiger partial charge >= 0.3 is 0 Å². The lowest BCUT2D eigenvalue weighted by Crippen LogP contribution is -2.28. The van der Waals surface area contributed by atoms with Crippen LogP contribution in [0, 0.1) is 0 Å². The molecule has 2 aliphatic rings. The van der Waals surface area contributed by atoms with Crippen LogP contribution in [0.4, 0.5) is 5.82 Å². The zero-order valence-corrected chi connectivity index (χ0v) is 13.5. The molecule has 23 heavy (non-hydrogen) atoms. The first-order valence-corrected chi connectivity index (χ1v) is 8.39. The molecule has 0 bridgehead atoms. The van der Waals surface area contributed by atoms with Gasteiger partial charge in [-0.2, -0.15) is 5.10 Å². The maximum Gasteiger partial charge on any atom is 0.254 e. The minimum Gasteiger partial charge on any atom is -0.368 e. The molecular weight excluding hydrogens is 314 g/mol. The molecule has 1 aliphatic heterocycles. The highest BCUT2D eigenvalue weighted by molar-refractivity contribution is 6.30.